The summed E-state index contributed by atoms with van der Waals surface area (Å²) in [6, 6.07) is 20.9. The van der Waals surface area contributed by atoms with Crippen molar-refractivity contribution in [3.8, 4) is 11.1 Å². The number of rotatable bonds is 6. The lowest BCUT2D eigenvalue weighted by Crippen LogP contribution is -2.34. The maximum atomic E-state index is 14.4. The predicted molar refractivity (Wildman–Crippen MR) is 147 cm³/mol. The Hall–Kier alpha value is -4.23. The number of urea groups is 1. The maximum Gasteiger partial charge on any atom is 0.322 e. The number of furan rings is 1. The van der Waals surface area contributed by atoms with Gasteiger partial charge in [-0.1, -0.05) is 65.2 Å². The van der Waals surface area contributed by atoms with Crippen molar-refractivity contribution in [3.63, 3.8) is 0 Å². The van der Waals surface area contributed by atoms with Gasteiger partial charge in [0.1, 0.15) is 22.8 Å². The van der Waals surface area contributed by atoms with Crippen LogP contribution in [0.15, 0.2) is 83.3 Å². The highest BCUT2D eigenvalue weighted by molar-refractivity contribution is 6.30. The zero-order valence-corrected chi connectivity index (χ0v) is 22.0. The summed E-state index contributed by atoms with van der Waals surface area (Å²) in [4.78, 5) is 14.9. The van der Waals surface area contributed by atoms with Crippen molar-refractivity contribution in [2.24, 2.45) is 0 Å². The van der Waals surface area contributed by atoms with Gasteiger partial charge in [0.2, 0.25) is 0 Å². The first-order chi connectivity index (χ1) is 18.7. The molecule has 5 aromatic rings. The van der Waals surface area contributed by atoms with Crippen molar-refractivity contribution in [1.29, 1.82) is 0 Å². The first-order valence-corrected chi connectivity index (χ1v) is 12.6. The number of fused-ring (bicyclic) bond motifs is 1. The number of benzene rings is 4. The molecule has 0 aliphatic heterocycles. The number of carbonyl (C=O) groups is 1. The van der Waals surface area contributed by atoms with E-state index in [1.807, 2.05) is 68.4 Å². The molecule has 1 aromatic heterocycles. The van der Waals surface area contributed by atoms with Crippen LogP contribution in [0.5, 0.6) is 0 Å². The number of hydrogen-bond acceptors (Lipinski definition) is 2. The zero-order chi connectivity index (χ0) is 27.7. The monoisotopic (exact) mass is 548 g/mol. The van der Waals surface area contributed by atoms with Crippen molar-refractivity contribution in [1.82, 2.24) is 4.90 Å². The van der Waals surface area contributed by atoms with Crippen LogP contribution in [0.3, 0.4) is 0 Å². The largest absolute Gasteiger partial charge is 0.459 e. The van der Waals surface area contributed by atoms with E-state index in [9.17, 15) is 18.0 Å². The molecular formula is C31H24ClF3N2O2. The maximum absolute atomic E-state index is 14.4. The Labute approximate surface area is 228 Å². The van der Waals surface area contributed by atoms with Crippen LogP contribution in [-0.4, -0.2) is 10.9 Å². The molecule has 0 saturated carbocycles. The standard InChI is InChI=1S/C31H24ClF3N2O2/c1-18-3-6-20(7-4-18)16-37(31(38)36-30-25(34)14-23(33)15-26(30)35)17-28-29(21-8-10-22(32)11-9-21)24-13-19(2)5-12-27(24)39-28/h3-15H,16-17H2,1-2H3,(H,36,38). The van der Waals surface area contributed by atoms with Gasteiger partial charge in [0.15, 0.2) is 11.6 Å². The van der Waals surface area contributed by atoms with Crippen molar-refractivity contribution in [3.05, 3.63) is 124 Å². The third-order valence-corrected chi connectivity index (χ3v) is 6.66. The molecule has 8 heteroatoms. The molecule has 0 saturated heterocycles. The third-order valence-electron chi connectivity index (χ3n) is 6.40. The van der Waals surface area contributed by atoms with Gasteiger partial charge in [0, 0.05) is 34.6 Å². The summed E-state index contributed by atoms with van der Waals surface area (Å²) >= 11 is 6.13. The fraction of sp³-hybridized carbons (Fsp3) is 0.129. The number of anilines is 1. The predicted octanol–water partition coefficient (Wildman–Crippen LogP) is 9.02. The Morgan fingerprint density at radius 1 is 0.846 bits per heavy atom. The Kier molecular flexibility index (Phi) is 7.35. The smallest absolute Gasteiger partial charge is 0.322 e. The van der Waals surface area contributed by atoms with Crippen LogP contribution >= 0.6 is 11.6 Å². The van der Waals surface area contributed by atoms with E-state index < -0.39 is 29.2 Å². The minimum atomic E-state index is -1.21. The summed E-state index contributed by atoms with van der Waals surface area (Å²) in [5.41, 5.74) is 4.40. The average molecular weight is 549 g/mol. The van der Waals surface area contributed by atoms with Crippen molar-refractivity contribution in [2.75, 3.05) is 5.32 Å². The van der Waals surface area contributed by atoms with Gasteiger partial charge in [-0.2, -0.15) is 0 Å². The number of hydrogen-bond donors (Lipinski definition) is 1. The minimum Gasteiger partial charge on any atom is -0.459 e. The second kappa shape index (κ2) is 10.9. The normalized spacial score (nSPS) is 11.1. The zero-order valence-electron chi connectivity index (χ0n) is 21.2. The molecule has 198 valence electrons. The molecule has 4 aromatic carbocycles. The first kappa shape index (κ1) is 26.4. The van der Waals surface area contributed by atoms with E-state index in [2.05, 4.69) is 5.32 Å². The lowest BCUT2D eigenvalue weighted by Gasteiger charge is -2.23. The van der Waals surface area contributed by atoms with E-state index in [-0.39, 0.29) is 13.1 Å². The van der Waals surface area contributed by atoms with Gasteiger partial charge >= 0.3 is 6.03 Å². The first-order valence-electron chi connectivity index (χ1n) is 12.2. The molecule has 39 heavy (non-hydrogen) atoms. The van der Waals surface area contributed by atoms with Crippen LogP contribution in [-0.2, 0) is 13.1 Å². The Morgan fingerprint density at radius 3 is 2.15 bits per heavy atom. The summed E-state index contributed by atoms with van der Waals surface area (Å²) in [7, 11) is 0. The van der Waals surface area contributed by atoms with E-state index >= 15 is 0 Å². The number of halogens is 4. The van der Waals surface area contributed by atoms with Crippen LogP contribution in [0.25, 0.3) is 22.1 Å². The van der Waals surface area contributed by atoms with E-state index in [1.165, 1.54) is 4.90 Å². The number of carbonyl (C=O) groups excluding carboxylic acids is 1. The molecule has 0 fully saturated rings. The molecule has 0 aliphatic carbocycles. The van der Waals surface area contributed by atoms with Crippen LogP contribution in [0.1, 0.15) is 22.5 Å². The molecule has 0 bridgehead atoms. The lowest BCUT2D eigenvalue weighted by molar-refractivity contribution is 0.201. The van der Waals surface area contributed by atoms with E-state index in [4.69, 9.17) is 16.0 Å². The summed E-state index contributed by atoms with van der Waals surface area (Å²) in [5, 5.41) is 3.72. The lowest BCUT2D eigenvalue weighted by atomic mass is 10.0. The fourth-order valence-corrected chi connectivity index (χ4v) is 4.57. The Balaban J connectivity index is 1.57. The summed E-state index contributed by atoms with van der Waals surface area (Å²) in [5.74, 6) is -3.01. The molecule has 0 aliphatic rings. The molecule has 1 N–H and O–H groups in total. The minimum absolute atomic E-state index is 0.0180. The molecule has 4 nitrogen and oxygen atoms in total. The second-order valence-electron chi connectivity index (χ2n) is 9.42. The van der Waals surface area contributed by atoms with Crippen molar-refractivity contribution >= 4 is 34.3 Å². The molecule has 1 heterocycles. The van der Waals surface area contributed by atoms with Gasteiger partial charge < -0.3 is 14.6 Å². The third kappa shape index (κ3) is 5.78. The average Bonchev–Trinajstić information content (AvgIpc) is 3.24. The van der Waals surface area contributed by atoms with Crippen LogP contribution in [0.4, 0.5) is 23.7 Å². The molecule has 0 atom stereocenters. The van der Waals surface area contributed by atoms with Crippen molar-refractivity contribution in [2.45, 2.75) is 26.9 Å². The molecule has 0 spiro atoms. The molecular weight excluding hydrogens is 525 g/mol. The van der Waals surface area contributed by atoms with E-state index in [1.54, 1.807) is 12.1 Å². The van der Waals surface area contributed by atoms with Gasteiger partial charge in [0.25, 0.3) is 0 Å². The number of nitrogens with one attached hydrogen (secondary N) is 1. The second-order valence-corrected chi connectivity index (χ2v) is 9.86. The van der Waals surface area contributed by atoms with E-state index in [0.717, 1.165) is 33.2 Å². The summed E-state index contributed by atoms with van der Waals surface area (Å²) in [6.45, 7) is 4.02. The van der Waals surface area contributed by atoms with Crippen LogP contribution in [0.2, 0.25) is 5.02 Å². The summed E-state index contributed by atoms with van der Waals surface area (Å²) < 4.78 is 48.5. The highest BCUT2D eigenvalue weighted by Gasteiger charge is 2.24. The van der Waals surface area contributed by atoms with Gasteiger partial charge in [-0.25, -0.2) is 18.0 Å². The van der Waals surface area contributed by atoms with Crippen molar-refractivity contribution < 1.29 is 22.4 Å². The topological polar surface area (TPSA) is 45.5 Å². The van der Waals surface area contributed by atoms with Gasteiger partial charge in [-0.15, -0.1) is 0 Å². The number of amides is 2. The number of nitrogens with zero attached hydrogens (tertiary/aromatic N) is 1. The molecule has 5 rings (SSSR count). The molecule has 0 radical (unpaired) electrons. The van der Waals surface area contributed by atoms with Gasteiger partial charge in [-0.05, 0) is 49.2 Å². The SMILES string of the molecule is Cc1ccc(CN(Cc2oc3ccc(C)cc3c2-c2ccc(Cl)cc2)C(=O)Nc2c(F)cc(F)cc2F)cc1. The van der Waals surface area contributed by atoms with Crippen LogP contribution < -0.4 is 5.32 Å². The van der Waals surface area contributed by atoms with Crippen LogP contribution in [0, 0.1) is 31.3 Å². The summed E-state index contributed by atoms with van der Waals surface area (Å²) in [6.07, 6.45) is 0. The van der Waals surface area contributed by atoms with Gasteiger partial charge in [0.05, 0.1) is 6.54 Å². The fourth-order valence-electron chi connectivity index (χ4n) is 4.44. The highest BCUT2D eigenvalue weighted by atomic mass is 35.5. The highest BCUT2D eigenvalue weighted by Crippen LogP contribution is 2.37. The Bertz CT molecular complexity index is 1640. The van der Waals surface area contributed by atoms with E-state index in [0.29, 0.717) is 28.5 Å². The van der Waals surface area contributed by atoms with Gasteiger partial charge in [-0.3, -0.25) is 0 Å². The quantitative estimate of drug-likeness (QED) is 0.230. The number of aryl methyl sites for hydroxylation is 2. The Morgan fingerprint density at radius 2 is 1.49 bits per heavy atom. The molecule has 2 amide bonds. The molecule has 0 unspecified atom stereocenters.